The van der Waals surface area contributed by atoms with Crippen LogP contribution >= 0.6 is 0 Å². The predicted molar refractivity (Wildman–Crippen MR) is 68.3 cm³/mol. The summed E-state index contributed by atoms with van der Waals surface area (Å²) < 4.78 is 40.0. The molecule has 2 N–H and O–H groups in total. The molecule has 7 heteroatoms. The first-order chi connectivity index (χ1) is 9.91. The van der Waals surface area contributed by atoms with Crippen molar-refractivity contribution in [3.8, 4) is 0 Å². The average molecular weight is 292 g/mol. The van der Waals surface area contributed by atoms with Gasteiger partial charge in [-0.05, 0) is 30.3 Å². The molecule has 4 nitrogen and oxygen atoms in total. The number of hydrogen-bond donors (Lipinski definition) is 1. The van der Waals surface area contributed by atoms with Gasteiger partial charge >= 0.3 is 0 Å². The number of imide groups is 1. The molecule has 106 valence electrons. The van der Waals surface area contributed by atoms with Crippen molar-refractivity contribution >= 4 is 23.2 Å². The third-order valence-corrected chi connectivity index (χ3v) is 3.17. The molecule has 1 aliphatic rings. The van der Waals surface area contributed by atoms with Crippen LogP contribution in [0.25, 0.3) is 0 Å². The monoisotopic (exact) mass is 292 g/mol. The Balaban J connectivity index is 2.17. The van der Waals surface area contributed by atoms with Gasteiger partial charge in [0.15, 0.2) is 17.5 Å². The lowest BCUT2D eigenvalue weighted by molar-refractivity contribution is 0.0924. The molecule has 0 bridgehead atoms. The molecule has 2 amide bonds. The summed E-state index contributed by atoms with van der Waals surface area (Å²) in [4.78, 5) is 24.8. The van der Waals surface area contributed by atoms with Gasteiger partial charge in [-0.2, -0.15) is 0 Å². The number of nitrogens with two attached hydrogens (primary N) is 1. The number of halogens is 3. The second-order valence-corrected chi connectivity index (χ2v) is 4.45. The quantitative estimate of drug-likeness (QED) is 0.499. The Morgan fingerprint density at radius 1 is 0.857 bits per heavy atom. The number of nitrogens with zero attached hydrogens (tertiary/aromatic N) is 1. The molecule has 0 fully saturated rings. The van der Waals surface area contributed by atoms with Crippen molar-refractivity contribution in [1.29, 1.82) is 0 Å². The van der Waals surface area contributed by atoms with Gasteiger partial charge in [0, 0.05) is 5.69 Å². The van der Waals surface area contributed by atoms with Crippen LogP contribution in [0.15, 0.2) is 30.3 Å². The lowest BCUT2D eigenvalue weighted by Gasteiger charge is -2.15. The highest BCUT2D eigenvalue weighted by Crippen LogP contribution is 2.32. The average Bonchev–Trinajstić information content (AvgIpc) is 2.69. The summed E-state index contributed by atoms with van der Waals surface area (Å²) in [5.41, 5.74) is 5.16. The van der Waals surface area contributed by atoms with E-state index in [-0.39, 0.29) is 16.8 Å². The van der Waals surface area contributed by atoms with E-state index in [2.05, 4.69) is 0 Å². The van der Waals surface area contributed by atoms with Crippen LogP contribution < -0.4 is 10.6 Å². The number of anilines is 2. The van der Waals surface area contributed by atoms with E-state index in [1.54, 1.807) is 0 Å². The van der Waals surface area contributed by atoms with Gasteiger partial charge in [0.1, 0.15) is 0 Å². The maximum atomic E-state index is 13.8. The lowest BCUT2D eigenvalue weighted by Crippen LogP contribution is -2.30. The molecule has 3 rings (SSSR count). The van der Waals surface area contributed by atoms with Crippen molar-refractivity contribution in [3.05, 3.63) is 58.9 Å². The van der Waals surface area contributed by atoms with E-state index in [1.807, 2.05) is 0 Å². The van der Waals surface area contributed by atoms with Crippen molar-refractivity contribution in [2.24, 2.45) is 0 Å². The zero-order valence-electron chi connectivity index (χ0n) is 10.4. The summed E-state index contributed by atoms with van der Waals surface area (Å²) in [5.74, 6) is -6.41. The first-order valence-corrected chi connectivity index (χ1v) is 5.83. The van der Waals surface area contributed by atoms with E-state index in [0.29, 0.717) is 11.0 Å². The van der Waals surface area contributed by atoms with Crippen LogP contribution in [0.1, 0.15) is 20.7 Å². The molecule has 0 saturated heterocycles. The van der Waals surface area contributed by atoms with Crippen LogP contribution in [0.5, 0.6) is 0 Å². The molecule has 2 aromatic carbocycles. The Hall–Kier alpha value is -2.83. The molecular formula is C14H7F3N2O2. The fourth-order valence-electron chi connectivity index (χ4n) is 2.17. The standard InChI is InChI=1S/C14H7F3N2O2/c15-9-3-4-10(12(17)11(9)16)19-13(20)7-2-1-6(18)5-8(7)14(19)21/h1-5H,18H2. The van der Waals surface area contributed by atoms with Gasteiger partial charge in [-0.15, -0.1) is 0 Å². The largest absolute Gasteiger partial charge is 0.399 e. The lowest BCUT2D eigenvalue weighted by atomic mass is 10.1. The van der Waals surface area contributed by atoms with Crippen LogP contribution in [-0.2, 0) is 0 Å². The van der Waals surface area contributed by atoms with E-state index in [9.17, 15) is 22.8 Å². The van der Waals surface area contributed by atoms with Crippen molar-refractivity contribution in [3.63, 3.8) is 0 Å². The van der Waals surface area contributed by atoms with Gasteiger partial charge in [0.05, 0.1) is 16.8 Å². The number of benzene rings is 2. The number of rotatable bonds is 1. The zero-order valence-corrected chi connectivity index (χ0v) is 10.4. The van der Waals surface area contributed by atoms with Crippen LogP contribution in [0.3, 0.4) is 0 Å². The molecule has 1 aliphatic heterocycles. The Labute approximate surface area is 116 Å². The first-order valence-electron chi connectivity index (χ1n) is 5.83. The van der Waals surface area contributed by atoms with E-state index in [1.165, 1.54) is 18.2 Å². The van der Waals surface area contributed by atoms with E-state index in [0.717, 1.165) is 6.07 Å². The molecule has 0 radical (unpaired) electrons. The molecule has 2 aromatic rings. The fraction of sp³-hybridized carbons (Fsp3) is 0. The van der Waals surface area contributed by atoms with Crippen LogP contribution in [-0.4, -0.2) is 11.8 Å². The van der Waals surface area contributed by atoms with E-state index < -0.39 is 35.0 Å². The highest BCUT2D eigenvalue weighted by molar-refractivity contribution is 6.34. The first kappa shape index (κ1) is 13.2. The summed E-state index contributed by atoms with van der Waals surface area (Å²) in [6, 6.07) is 5.48. The van der Waals surface area contributed by atoms with Crippen LogP contribution in [0.2, 0.25) is 0 Å². The topological polar surface area (TPSA) is 63.4 Å². The van der Waals surface area contributed by atoms with Gasteiger partial charge in [0.2, 0.25) is 0 Å². The summed E-state index contributed by atoms with van der Waals surface area (Å²) in [5, 5.41) is 0. The molecule has 0 aromatic heterocycles. The molecule has 21 heavy (non-hydrogen) atoms. The Morgan fingerprint density at radius 3 is 2.24 bits per heavy atom. The molecule has 1 heterocycles. The van der Waals surface area contributed by atoms with Crippen LogP contribution in [0.4, 0.5) is 24.5 Å². The smallest absolute Gasteiger partial charge is 0.266 e. The summed E-state index contributed by atoms with van der Waals surface area (Å²) in [6.07, 6.45) is 0. The maximum Gasteiger partial charge on any atom is 0.266 e. The minimum Gasteiger partial charge on any atom is -0.399 e. The van der Waals surface area contributed by atoms with Gasteiger partial charge in [-0.25, -0.2) is 18.1 Å². The second kappa shape index (κ2) is 4.34. The molecule has 0 aliphatic carbocycles. The number of nitrogen functional groups attached to an aromatic ring is 1. The second-order valence-electron chi connectivity index (χ2n) is 4.45. The predicted octanol–water partition coefficient (Wildman–Crippen LogP) is 2.49. The van der Waals surface area contributed by atoms with Crippen molar-refractivity contribution in [1.82, 2.24) is 0 Å². The SMILES string of the molecule is Nc1ccc2c(c1)C(=O)N(c1ccc(F)c(F)c1F)C2=O. The minimum atomic E-state index is -1.75. The summed E-state index contributed by atoms with van der Waals surface area (Å²) in [7, 11) is 0. The van der Waals surface area contributed by atoms with Gasteiger partial charge in [0.25, 0.3) is 11.8 Å². The third kappa shape index (κ3) is 1.78. The summed E-state index contributed by atoms with van der Waals surface area (Å²) in [6.45, 7) is 0. The molecule has 0 spiro atoms. The molecular weight excluding hydrogens is 285 g/mol. The van der Waals surface area contributed by atoms with Crippen molar-refractivity contribution < 1.29 is 22.8 Å². The van der Waals surface area contributed by atoms with E-state index in [4.69, 9.17) is 5.73 Å². The number of carbonyl (C=O) groups excluding carboxylic acids is 2. The zero-order chi connectivity index (χ0) is 15.3. The number of fused-ring (bicyclic) bond motifs is 1. The van der Waals surface area contributed by atoms with E-state index >= 15 is 0 Å². The molecule has 0 unspecified atom stereocenters. The number of carbonyl (C=O) groups is 2. The maximum absolute atomic E-state index is 13.8. The Morgan fingerprint density at radius 2 is 1.52 bits per heavy atom. The molecule has 0 atom stereocenters. The number of amides is 2. The fourth-order valence-corrected chi connectivity index (χ4v) is 2.17. The van der Waals surface area contributed by atoms with Crippen molar-refractivity contribution in [2.45, 2.75) is 0 Å². The van der Waals surface area contributed by atoms with Gasteiger partial charge in [-0.3, -0.25) is 9.59 Å². The minimum absolute atomic E-state index is 0.0101. The van der Waals surface area contributed by atoms with Crippen molar-refractivity contribution in [2.75, 3.05) is 10.6 Å². The Bertz CT molecular complexity index is 805. The van der Waals surface area contributed by atoms with Gasteiger partial charge in [-0.1, -0.05) is 0 Å². The summed E-state index contributed by atoms with van der Waals surface area (Å²) >= 11 is 0. The Kier molecular flexibility index (Phi) is 2.72. The van der Waals surface area contributed by atoms with Gasteiger partial charge < -0.3 is 5.73 Å². The number of hydrogen-bond acceptors (Lipinski definition) is 3. The highest BCUT2D eigenvalue weighted by Gasteiger charge is 2.38. The molecule has 0 saturated carbocycles. The highest BCUT2D eigenvalue weighted by atomic mass is 19.2. The normalized spacial score (nSPS) is 13.8. The van der Waals surface area contributed by atoms with Crippen LogP contribution in [0, 0.1) is 17.5 Å². The third-order valence-electron chi connectivity index (χ3n) is 3.17.